The molecule has 5 rings (SSSR count). The van der Waals surface area contributed by atoms with E-state index < -0.39 is 24.3 Å². The first-order valence-corrected chi connectivity index (χ1v) is 16.0. The molecule has 1 spiro atoms. The fraction of sp³-hybridized carbons (Fsp3) is 0.417. The predicted molar refractivity (Wildman–Crippen MR) is 177 cm³/mol. The Balaban J connectivity index is 0.000000424. The molecule has 2 heterocycles. The minimum atomic E-state index is -5.08. The quantitative estimate of drug-likeness (QED) is 0.248. The average Bonchev–Trinajstić information content (AvgIpc) is 3.09. The minimum Gasteiger partial charge on any atom is -0.489 e. The van der Waals surface area contributed by atoms with Crippen LogP contribution in [0.25, 0.3) is 0 Å². The van der Waals surface area contributed by atoms with Crippen LogP contribution in [0.2, 0.25) is 0 Å². The molecule has 0 bridgehead atoms. The zero-order valence-corrected chi connectivity index (χ0v) is 28.2. The Morgan fingerprint density at radius 2 is 1.25 bits per heavy atom. The first-order valence-electron chi connectivity index (χ1n) is 16.0. The Bertz CT molecular complexity index is 1560. The maximum atomic E-state index is 13.2. The van der Waals surface area contributed by atoms with E-state index in [1.54, 1.807) is 0 Å². The summed E-state index contributed by atoms with van der Waals surface area (Å²) in [4.78, 5) is 37.6. The standard InChI is InChI=1S/C32H39N3O2.2C2HF3O2/c1-33(2)29-13-8-12-27(23-29)31(36)35-21-17-32(18-22-35)15-19-34(20-16-32)24-28-11-6-7-14-30(28)37-25-26-9-4-3-5-10-26;2*3-2(4,5)1(6)7/h3-14,23H,15-22,24-25H2,1-2H3;2*(H,6,7). The van der Waals surface area contributed by atoms with Crippen LogP contribution in [-0.2, 0) is 22.7 Å². The number of likely N-dealkylation sites (tertiary alicyclic amines) is 2. The number of rotatable bonds is 7. The van der Waals surface area contributed by atoms with Crippen LogP contribution in [-0.4, -0.2) is 90.5 Å². The molecule has 2 N–H and O–H groups in total. The Hall–Kier alpha value is -4.79. The second-order valence-corrected chi connectivity index (χ2v) is 12.5. The lowest BCUT2D eigenvalue weighted by Gasteiger charge is -2.47. The molecule has 0 saturated carbocycles. The van der Waals surface area contributed by atoms with Crippen molar-refractivity contribution in [3.8, 4) is 5.75 Å². The molecular weight excluding hydrogens is 684 g/mol. The molecular formula is C36H41F6N3O6. The van der Waals surface area contributed by atoms with Crippen molar-refractivity contribution in [1.29, 1.82) is 0 Å². The van der Waals surface area contributed by atoms with Gasteiger partial charge in [0.05, 0.1) is 0 Å². The lowest BCUT2D eigenvalue weighted by Crippen LogP contribution is -2.48. The number of hydrogen-bond donors (Lipinski definition) is 2. The number of para-hydroxylation sites is 1. The van der Waals surface area contributed by atoms with E-state index in [0.29, 0.717) is 12.0 Å². The molecule has 15 heteroatoms. The van der Waals surface area contributed by atoms with Crippen molar-refractivity contribution in [3.63, 3.8) is 0 Å². The Labute approximate surface area is 292 Å². The van der Waals surface area contributed by atoms with Crippen molar-refractivity contribution in [2.75, 3.05) is 45.2 Å². The third-order valence-electron chi connectivity index (χ3n) is 8.73. The van der Waals surface area contributed by atoms with Crippen molar-refractivity contribution >= 4 is 23.5 Å². The molecule has 2 saturated heterocycles. The summed E-state index contributed by atoms with van der Waals surface area (Å²) >= 11 is 0. The number of alkyl halides is 6. The fourth-order valence-electron chi connectivity index (χ4n) is 5.72. The van der Waals surface area contributed by atoms with Gasteiger partial charge in [0.2, 0.25) is 0 Å². The van der Waals surface area contributed by atoms with Gasteiger partial charge in [-0.15, -0.1) is 0 Å². The number of carbonyl (C=O) groups excluding carboxylic acids is 1. The van der Waals surface area contributed by atoms with E-state index in [-0.39, 0.29) is 5.91 Å². The van der Waals surface area contributed by atoms with E-state index in [2.05, 4.69) is 58.3 Å². The molecule has 9 nitrogen and oxygen atoms in total. The summed E-state index contributed by atoms with van der Waals surface area (Å²) in [5.41, 5.74) is 4.69. The Morgan fingerprint density at radius 3 is 1.78 bits per heavy atom. The Kier molecular flexibility index (Phi) is 14.3. The number of carbonyl (C=O) groups is 3. The molecule has 2 aliphatic rings. The van der Waals surface area contributed by atoms with Crippen LogP contribution in [0.4, 0.5) is 32.0 Å². The van der Waals surface area contributed by atoms with Crippen LogP contribution < -0.4 is 9.64 Å². The molecule has 1 amide bonds. The number of halogens is 6. The summed E-state index contributed by atoms with van der Waals surface area (Å²) in [5, 5.41) is 14.2. The van der Waals surface area contributed by atoms with Crippen LogP contribution in [0.15, 0.2) is 78.9 Å². The van der Waals surface area contributed by atoms with Gasteiger partial charge in [0.15, 0.2) is 0 Å². The summed E-state index contributed by atoms with van der Waals surface area (Å²) in [5.74, 6) is -4.36. The minimum absolute atomic E-state index is 0.170. The average molecular weight is 726 g/mol. The third kappa shape index (κ3) is 12.8. The van der Waals surface area contributed by atoms with E-state index in [1.807, 2.05) is 49.3 Å². The molecule has 0 radical (unpaired) electrons. The van der Waals surface area contributed by atoms with Gasteiger partial charge in [-0.25, -0.2) is 9.59 Å². The first-order chi connectivity index (χ1) is 23.9. The van der Waals surface area contributed by atoms with E-state index in [1.165, 1.54) is 24.0 Å². The highest BCUT2D eigenvalue weighted by Crippen LogP contribution is 2.42. The molecule has 0 atom stereocenters. The summed E-state index contributed by atoms with van der Waals surface area (Å²) in [6, 6.07) is 26.8. The number of amides is 1. The molecule has 0 aliphatic carbocycles. The number of aliphatic carboxylic acids is 2. The van der Waals surface area contributed by atoms with Gasteiger partial charge in [-0.3, -0.25) is 9.69 Å². The van der Waals surface area contributed by atoms with Gasteiger partial charge in [0.1, 0.15) is 12.4 Å². The molecule has 51 heavy (non-hydrogen) atoms. The third-order valence-corrected chi connectivity index (χ3v) is 8.73. The van der Waals surface area contributed by atoms with E-state index in [0.717, 1.165) is 62.6 Å². The summed E-state index contributed by atoms with van der Waals surface area (Å²) < 4.78 is 69.7. The number of hydrogen-bond acceptors (Lipinski definition) is 6. The van der Waals surface area contributed by atoms with Crippen LogP contribution in [0, 0.1) is 5.41 Å². The number of carboxylic acid groups (broad SMARTS) is 2. The number of benzene rings is 3. The number of piperidine rings is 2. The van der Waals surface area contributed by atoms with Crippen molar-refractivity contribution in [3.05, 3.63) is 95.6 Å². The van der Waals surface area contributed by atoms with Gasteiger partial charge in [-0.1, -0.05) is 54.6 Å². The zero-order valence-electron chi connectivity index (χ0n) is 28.2. The van der Waals surface area contributed by atoms with E-state index >= 15 is 0 Å². The molecule has 2 aliphatic heterocycles. The van der Waals surface area contributed by atoms with Gasteiger partial charge in [-0.2, -0.15) is 26.3 Å². The monoisotopic (exact) mass is 725 g/mol. The summed E-state index contributed by atoms with van der Waals surface area (Å²) in [6.07, 6.45) is -5.54. The van der Waals surface area contributed by atoms with Gasteiger partial charge in [0, 0.05) is 50.5 Å². The van der Waals surface area contributed by atoms with Gasteiger partial charge in [-0.05, 0) is 74.0 Å². The normalized spacial score (nSPS) is 15.8. The molecule has 0 unspecified atom stereocenters. The van der Waals surface area contributed by atoms with Crippen molar-refractivity contribution in [2.24, 2.45) is 5.41 Å². The van der Waals surface area contributed by atoms with Gasteiger partial charge in [0.25, 0.3) is 5.91 Å². The highest BCUT2D eigenvalue weighted by atomic mass is 19.4. The van der Waals surface area contributed by atoms with Gasteiger partial charge >= 0.3 is 24.3 Å². The lowest BCUT2D eigenvalue weighted by molar-refractivity contribution is -0.193. The smallest absolute Gasteiger partial charge is 0.489 e. The fourth-order valence-corrected chi connectivity index (χ4v) is 5.72. The van der Waals surface area contributed by atoms with Crippen LogP contribution in [0.3, 0.4) is 0 Å². The molecule has 0 aromatic heterocycles. The van der Waals surface area contributed by atoms with E-state index in [4.69, 9.17) is 24.5 Å². The topological polar surface area (TPSA) is 111 Å². The second-order valence-electron chi connectivity index (χ2n) is 12.5. The Morgan fingerprint density at radius 1 is 0.745 bits per heavy atom. The van der Waals surface area contributed by atoms with Crippen molar-refractivity contribution in [1.82, 2.24) is 9.80 Å². The summed E-state index contributed by atoms with van der Waals surface area (Å²) in [6.45, 7) is 5.45. The highest BCUT2D eigenvalue weighted by molar-refractivity contribution is 5.95. The number of anilines is 1. The van der Waals surface area contributed by atoms with Crippen LogP contribution in [0.1, 0.15) is 47.2 Å². The SMILES string of the molecule is CN(C)c1cccc(C(=O)N2CCC3(CCN(Cc4ccccc4OCc4ccccc4)CC3)CC2)c1.O=C(O)C(F)(F)F.O=C(O)C(F)(F)F. The number of ether oxygens (including phenoxy) is 1. The molecule has 3 aromatic rings. The highest BCUT2D eigenvalue weighted by Gasteiger charge is 2.40. The van der Waals surface area contributed by atoms with Crippen LogP contribution >= 0.6 is 0 Å². The number of carboxylic acids is 2. The van der Waals surface area contributed by atoms with Gasteiger partial charge < -0.3 is 24.7 Å². The predicted octanol–water partition coefficient (Wildman–Crippen LogP) is 7.12. The number of nitrogens with zero attached hydrogens (tertiary/aromatic N) is 3. The molecule has 3 aromatic carbocycles. The maximum Gasteiger partial charge on any atom is 0.490 e. The van der Waals surface area contributed by atoms with Crippen molar-refractivity contribution < 1.29 is 55.7 Å². The van der Waals surface area contributed by atoms with Crippen molar-refractivity contribution in [2.45, 2.75) is 51.2 Å². The van der Waals surface area contributed by atoms with E-state index in [9.17, 15) is 31.1 Å². The van der Waals surface area contributed by atoms with Crippen LogP contribution in [0.5, 0.6) is 5.75 Å². The summed E-state index contributed by atoms with van der Waals surface area (Å²) in [7, 11) is 4.02. The lowest BCUT2D eigenvalue weighted by atomic mass is 9.71. The largest absolute Gasteiger partial charge is 0.490 e. The second kappa shape index (κ2) is 17.9. The molecule has 278 valence electrons. The zero-order chi connectivity index (χ0) is 37.8. The molecule has 2 fully saturated rings. The maximum absolute atomic E-state index is 13.2. The first kappa shape index (κ1) is 40.6.